The lowest BCUT2D eigenvalue weighted by molar-refractivity contribution is -0.109. The maximum Gasteiger partial charge on any atom is 0.186 e. The van der Waals surface area contributed by atoms with Crippen molar-refractivity contribution >= 4 is 23.0 Å². The first-order valence-electron chi connectivity index (χ1n) is 8.21. The molecule has 1 rings (SSSR count). The van der Waals surface area contributed by atoms with Gasteiger partial charge in [0.2, 0.25) is 0 Å². The van der Waals surface area contributed by atoms with E-state index in [1.54, 1.807) is 6.92 Å². The van der Waals surface area contributed by atoms with Crippen LogP contribution in [0.2, 0.25) is 0 Å². The van der Waals surface area contributed by atoms with Crippen LogP contribution in [-0.2, 0) is 4.79 Å². The van der Waals surface area contributed by atoms with E-state index in [1.807, 2.05) is 0 Å². The molecule has 0 amide bonds. The third kappa shape index (κ3) is 5.31. The van der Waals surface area contributed by atoms with Crippen LogP contribution in [0.15, 0.2) is 18.2 Å². The van der Waals surface area contributed by atoms with Crippen LogP contribution in [0, 0.1) is 0 Å². The SMILES string of the molecule is CC(=O)SCC=Cc1c(C(C)C)cc(C(C)C)cc1C(C)C. The fourth-order valence-electron chi connectivity index (χ4n) is 2.54. The molecule has 0 fully saturated rings. The lowest BCUT2D eigenvalue weighted by Gasteiger charge is -2.21. The fraction of sp³-hybridized carbons (Fsp3) is 0.550. The van der Waals surface area contributed by atoms with Crippen LogP contribution in [0.3, 0.4) is 0 Å². The molecule has 1 aromatic rings. The van der Waals surface area contributed by atoms with Gasteiger partial charge < -0.3 is 0 Å². The van der Waals surface area contributed by atoms with Crippen LogP contribution in [-0.4, -0.2) is 10.9 Å². The van der Waals surface area contributed by atoms with Crippen LogP contribution in [0.1, 0.15) is 88.5 Å². The third-order valence-corrected chi connectivity index (χ3v) is 4.61. The fourth-order valence-corrected chi connectivity index (χ4v) is 2.96. The molecule has 1 nitrogen and oxygen atoms in total. The van der Waals surface area contributed by atoms with Gasteiger partial charge >= 0.3 is 0 Å². The average Bonchev–Trinajstić information content (AvgIpc) is 2.42. The molecule has 0 unspecified atom stereocenters. The zero-order chi connectivity index (χ0) is 16.9. The number of benzene rings is 1. The summed E-state index contributed by atoms with van der Waals surface area (Å²) in [6.07, 6.45) is 4.33. The Balaban J connectivity index is 3.29. The van der Waals surface area contributed by atoms with Crippen molar-refractivity contribution in [3.05, 3.63) is 40.5 Å². The molecule has 0 aliphatic rings. The first-order chi connectivity index (χ1) is 10.2. The summed E-state index contributed by atoms with van der Waals surface area (Å²) in [6.45, 7) is 15.1. The van der Waals surface area contributed by atoms with E-state index >= 15 is 0 Å². The molecule has 0 saturated heterocycles. The van der Waals surface area contributed by atoms with Gasteiger partial charge in [0.25, 0.3) is 0 Å². The van der Waals surface area contributed by atoms with E-state index in [9.17, 15) is 4.79 Å². The Hall–Kier alpha value is -1.02. The summed E-state index contributed by atoms with van der Waals surface area (Å²) in [6, 6.07) is 4.72. The van der Waals surface area contributed by atoms with Crippen molar-refractivity contribution in [3.63, 3.8) is 0 Å². The highest BCUT2D eigenvalue weighted by molar-refractivity contribution is 8.13. The van der Waals surface area contributed by atoms with E-state index in [0.29, 0.717) is 17.8 Å². The minimum atomic E-state index is 0.174. The van der Waals surface area contributed by atoms with Gasteiger partial charge in [-0.2, -0.15) is 0 Å². The van der Waals surface area contributed by atoms with Crippen molar-refractivity contribution in [2.45, 2.75) is 66.2 Å². The molecule has 0 radical (unpaired) electrons. The highest BCUT2D eigenvalue weighted by Gasteiger charge is 2.15. The van der Waals surface area contributed by atoms with Crippen LogP contribution >= 0.6 is 11.8 Å². The minimum absolute atomic E-state index is 0.174. The third-order valence-electron chi connectivity index (χ3n) is 3.84. The number of thioether (sulfide) groups is 1. The van der Waals surface area contributed by atoms with E-state index in [1.165, 1.54) is 34.0 Å². The molecule has 0 heterocycles. The van der Waals surface area contributed by atoms with Crippen molar-refractivity contribution in [2.75, 3.05) is 5.75 Å². The van der Waals surface area contributed by atoms with Gasteiger partial charge in [-0.3, -0.25) is 4.79 Å². The second-order valence-corrected chi connectivity index (χ2v) is 7.98. The predicted octanol–water partition coefficient (Wildman–Crippen LogP) is 6.35. The Labute approximate surface area is 140 Å². The van der Waals surface area contributed by atoms with E-state index in [0.717, 1.165) is 5.75 Å². The van der Waals surface area contributed by atoms with Crippen molar-refractivity contribution in [3.8, 4) is 0 Å². The summed E-state index contributed by atoms with van der Waals surface area (Å²) in [5.74, 6) is 2.28. The van der Waals surface area contributed by atoms with Crippen molar-refractivity contribution in [2.24, 2.45) is 0 Å². The van der Waals surface area contributed by atoms with Crippen LogP contribution in [0.4, 0.5) is 0 Å². The summed E-state index contributed by atoms with van der Waals surface area (Å²) in [7, 11) is 0. The molecule has 0 spiro atoms. The number of carbonyl (C=O) groups is 1. The average molecular weight is 319 g/mol. The Morgan fingerprint density at radius 3 is 1.86 bits per heavy atom. The van der Waals surface area contributed by atoms with Gasteiger partial charge in [-0.1, -0.05) is 77.6 Å². The molecule has 0 aromatic heterocycles. The van der Waals surface area contributed by atoms with Gasteiger partial charge in [0.1, 0.15) is 0 Å². The van der Waals surface area contributed by atoms with E-state index < -0.39 is 0 Å². The van der Waals surface area contributed by atoms with E-state index in [4.69, 9.17) is 0 Å². The molecule has 0 aliphatic heterocycles. The highest BCUT2D eigenvalue weighted by atomic mass is 32.2. The zero-order valence-electron chi connectivity index (χ0n) is 15.1. The first kappa shape index (κ1) is 19.0. The summed E-state index contributed by atoms with van der Waals surface area (Å²) in [5, 5.41) is 0.174. The molecule has 0 aliphatic carbocycles. The molecular formula is C20H30OS. The van der Waals surface area contributed by atoms with Crippen LogP contribution in [0.25, 0.3) is 6.08 Å². The molecule has 2 heteroatoms. The molecule has 0 N–H and O–H groups in total. The smallest absolute Gasteiger partial charge is 0.186 e. The lowest BCUT2D eigenvalue weighted by Crippen LogP contribution is -2.03. The zero-order valence-corrected chi connectivity index (χ0v) is 15.9. The molecule has 0 atom stereocenters. The van der Waals surface area contributed by atoms with Gasteiger partial charge in [-0.25, -0.2) is 0 Å². The molecule has 1 aromatic carbocycles. The highest BCUT2D eigenvalue weighted by Crippen LogP contribution is 2.33. The Kier molecular flexibility index (Phi) is 7.41. The van der Waals surface area contributed by atoms with Crippen molar-refractivity contribution < 1.29 is 4.79 Å². The van der Waals surface area contributed by atoms with E-state index in [-0.39, 0.29) is 5.12 Å². The Morgan fingerprint density at radius 1 is 1.00 bits per heavy atom. The largest absolute Gasteiger partial charge is 0.288 e. The van der Waals surface area contributed by atoms with Crippen LogP contribution < -0.4 is 0 Å². The van der Waals surface area contributed by atoms with Gasteiger partial charge in [-0.15, -0.1) is 0 Å². The summed E-state index contributed by atoms with van der Waals surface area (Å²) in [5.41, 5.74) is 5.60. The standard InChI is InChI=1S/C20H30OS/c1-13(2)17-11-19(14(3)4)18(20(12-17)15(5)6)9-8-10-22-16(7)21/h8-9,11-15H,10H2,1-7H3. The molecule has 0 saturated carbocycles. The van der Waals surface area contributed by atoms with E-state index in [2.05, 4.69) is 65.8 Å². The lowest BCUT2D eigenvalue weighted by atomic mass is 9.84. The number of hydrogen-bond donors (Lipinski definition) is 0. The number of rotatable bonds is 6. The monoisotopic (exact) mass is 318 g/mol. The second-order valence-electron chi connectivity index (χ2n) is 6.78. The number of carbonyl (C=O) groups excluding carboxylic acids is 1. The first-order valence-corrected chi connectivity index (χ1v) is 9.20. The van der Waals surface area contributed by atoms with Crippen molar-refractivity contribution in [1.82, 2.24) is 0 Å². The molecule has 122 valence electrons. The Bertz CT molecular complexity index is 510. The second kappa shape index (κ2) is 8.57. The minimum Gasteiger partial charge on any atom is -0.288 e. The van der Waals surface area contributed by atoms with Gasteiger partial charge in [-0.05, 0) is 40.0 Å². The maximum atomic E-state index is 11.1. The predicted molar refractivity (Wildman–Crippen MR) is 101 cm³/mol. The summed E-state index contributed by atoms with van der Waals surface area (Å²) >= 11 is 1.36. The maximum absolute atomic E-state index is 11.1. The van der Waals surface area contributed by atoms with Gasteiger partial charge in [0, 0.05) is 12.7 Å². The quantitative estimate of drug-likeness (QED) is 0.608. The van der Waals surface area contributed by atoms with Crippen LogP contribution in [0.5, 0.6) is 0 Å². The van der Waals surface area contributed by atoms with Gasteiger partial charge in [0.15, 0.2) is 5.12 Å². The summed E-state index contributed by atoms with van der Waals surface area (Å²) in [4.78, 5) is 11.1. The normalized spacial score (nSPS) is 12.1. The Morgan fingerprint density at radius 2 is 1.50 bits per heavy atom. The van der Waals surface area contributed by atoms with Crippen molar-refractivity contribution in [1.29, 1.82) is 0 Å². The molecular weight excluding hydrogens is 288 g/mol. The molecule has 0 bridgehead atoms. The van der Waals surface area contributed by atoms with Gasteiger partial charge in [0.05, 0.1) is 0 Å². The summed E-state index contributed by atoms with van der Waals surface area (Å²) < 4.78 is 0. The molecule has 22 heavy (non-hydrogen) atoms. The topological polar surface area (TPSA) is 17.1 Å². The number of hydrogen-bond acceptors (Lipinski definition) is 2.